The minimum atomic E-state index is -4.34. The van der Waals surface area contributed by atoms with Crippen LogP contribution in [0.3, 0.4) is 0 Å². The number of hydrogen-bond donors (Lipinski definition) is 4. The zero-order chi connectivity index (χ0) is 53.8. The Hall–Kier alpha value is -8.94. The number of para-hydroxylation sites is 2. The molecule has 0 saturated heterocycles. The summed E-state index contributed by atoms with van der Waals surface area (Å²) in [5, 5.41) is 9.92. The van der Waals surface area contributed by atoms with E-state index in [1.807, 2.05) is 65.4 Å². The lowest BCUT2D eigenvalue weighted by atomic mass is 10.1. The Bertz CT molecular complexity index is 3500. The fourth-order valence-electron chi connectivity index (χ4n) is 6.62. The zero-order valence-corrected chi connectivity index (χ0v) is 42.2. The van der Waals surface area contributed by atoms with Gasteiger partial charge in [-0.25, -0.2) is 26.7 Å². The molecular formula is C57H51ClN4O12S2. The average molecular weight is 1080 g/mol. The second-order valence-electron chi connectivity index (χ2n) is 15.7. The van der Waals surface area contributed by atoms with Crippen molar-refractivity contribution in [3.63, 3.8) is 0 Å². The van der Waals surface area contributed by atoms with Crippen molar-refractivity contribution in [3.8, 4) is 17.2 Å². The molecule has 0 aliphatic rings. The number of ether oxygens (including phenoxy) is 3. The van der Waals surface area contributed by atoms with Gasteiger partial charge in [-0.3, -0.25) is 24.0 Å². The molecule has 16 nitrogen and oxygen atoms in total. The number of anilines is 2. The summed E-state index contributed by atoms with van der Waals surface area (Å²) in [5.74, 6) is -0.162. The van der Waals surface area contributed by atoms with Gasteiger partial charge in [0.2, 0.25) is 10.0 Å². The van der Waals surface area contributed by atoms with Gasteiger partial charge in [-0.15, -0.1) is 0 Å². The van der Waals surface area contributed by atoms with Crippen LogP contribution in [0, 0.1) is 0 Å². The predicted octanol–water partition coefficient (Wildman–Crippen LogP) is 10.3. The second kappa shape index (κ2) is 27.9. The lowest BCUT2D eigenvalue weighted by molar-refractivity contribution is 0.0978. The number of halogens is 1. The van der Waals surface area contributed by atoms with Crippen molar-refractivity contribution in [3.05, 3.63) is 245 Å². The van der Waals surface area contributed by atoms with Gasteiger partial charge in [-0.1, -0.05) is 117 Å². The van der Waals surface area contributed by atoms with Gasteiger partial charge in [0.1, 0.15) is 46.5 Å². The number of carbonyl (C=O) groups is 5. The molecule has 0 aromatic heterocycles. The summed E-state index contributed by atoms with van der Waals surface area (Å²) in [4.78, 5) is 58.9. The highest BCUT2D eigenvalue weighted by Crippen LogP contribution is 2.25. The number of hydrogen-bond acceptors (Lipinski definition) is 12. The first-order valence-corrected chi connectivity index (χ1v) is 25.8. The van der Waals surface area contributed by atoms with Crippen molar-refractivity contribution >= 4 is 72.3 Å². The van der Waals surface area contributed by atoms with Gasteiger partial charge in [0, 0.05) is 27.8 Å². The van der Waals surface area contributed by atoms with Gasteiger partial charge < -0.3 is 24.8 Å². The van der Waals surface area contributed by atoms with E-state index in [-0.39, 0.29) is 39.7 Å². The molecule has 76 heavy (non-hydrogen) atoms. The number of carbonyl (C=O) groups excluding carboxylic acids is 5. The van der Waals surface area contributed by atoms with Crippen molar-refractivity contribution in [2.45, 2.75) is 30.4 Å². The van der Waals surface area contributed by atoms with Crippen molar-refractivity contribution in [1.29, 1.82) is 0 Å². The SMILES string of the molecule is C.COc1ccc(C(=O)Cl)cc1.NS(=O)(=O)c1ccccc1NC(=O)c1cccc(OCc2ccccc2)c1.O=Cc1ccc(C(=O)NS(=O)(=O)c2ccccc2NC(=O)c2cccc(OCc3ccccc3)c2)cc1. The molecule has 0 radical (unpaired) electrons. The number of methoxy groups -OCH3 is 1. The molecule has 0 heterocycles. The number of nitrogens with two attached hydrogens (primary N) is 1. The van der Waals surface area contributed by atoms with Gasteiger partial charge in [-0.05, 0) is 120 Å². The molecule has 0 aliphatic heterocycles. The largest absolute Gasteiger partial charge is 0.497 e. The molecule has 19 heteroatoms. The van der Waals surface area contributed by atoms with Crippen molar-refractivity contribution in [2.75, 3.05) is 17.7 Å². The fourth-order valence-corrected chi connectivity index (χ4v) is 8.58. The van der Waals surface area contributed by atoms with Crippen LogP contribution < -0.4 is 34.7 Å². The Morgan fingerprint density at radius 3 is 1.38 bits per heavy atom. The molecule has 0 unspecified atom stereocenters. The zero-order valence-electron chi connectivity index (χ0n) is 39.8. The van der Waals surface area contributed by atoms with E-state index in [9.17, 15) is 40.8 Å². The lowest BCUT2D eigenvalue weighted by Crippen LogP contribution is -2.31. The van der Waals surface area contributed by atoms with Crippen LogP contribution in [0.5, 0.6) is 17.2 Å². The van der Waals surface area contributed by atoms with E-state index in [1.54, 1.807) is 92.0 Å². The van der Waals surface area contributed by atoms with Crippen LogP contribution in [0.25, 0.3) is 0 Å². The highest BCUT2D eigenvalue weighted by molar-refractivity contribution is 7.90. The summed E-state index contributed by atoms with van der Waals surface area (Å²) in [6, 6.07) is 56.2. The first kappa shape index (κ1) is 58.0. The van der Waals surface area contributed by atoms with E-state index in [2.05, 4.69) is 10.6 Å². The maximum atomic E-state index is 13.0. The maximum Gasteiger partial charge on any atom is 0.266 e. The number of amides is 3. The number of aldehydes is 1. The van der Waals surface area contributed by atoms with Crippen LogP contribution in [0.4, 0.5) is 11.4 Å². The molecule has 0 aliphatic carbocycles. The third-order valence-corrected chi connectivity index (χ3v) is 13.0. The third kappa shape index (κ3) is 17.3. The molecule has 0 atom stereocenters. The minimum absolute atomic E-state index is 0. The van der Waals surface area contributed by atoms with Crippen LogP contribution in [-0.4, -0.2) is 53.2 Å². The Labute approximate surface area is 445 Å². The van der Waals surface area contributed by atoms with Gasteiger partial charge in [0.15, 0.2) is 0 Å². The van der Waals surface area contributed by atoms with Crippen LogP contribution in [0.2, 0.25) is 0 Å². The van der Waals surface area contributed by atoms with E-state index in [4.69, 9.17) is 31.0 Å². The summed E-state index contributed by atoms with van der Waals surface area (Å²) in [7, 11) is -6.72. The maximum absolute atomic E-state index is 13.0. The highest BCUT2D eigenvalue weighted by Gasteiger charge is 2.23. The van der Waals surface area contributed by atoms with Crippen LogP contribution >= 0.6 is 11.6 Å². The molecule has 8 aromatic rings. The third-order valence-electron chi connectivity index (χ3n) is 10.4. The van der Waals surface area contributed by atoms with Gasteiger partial charge in [0.05, 0.1) is 18.5 Å². The number of sulfonamides is 2. The van der Waals surface area contributed by atoms with E-state index in [1.165, 1.54) is 60.7 Å². The topological polar surface area (TPSA) is 243 Å². The Morgan fingerprint density at radius 2 is 0.934 bits per heavy atom. The molecule has 0 spiro atoms. The van der Waals surface area contributed by atoms with Gasteiger partial charge in [-0.2, -0.15) is 0 Å². The molecule has 5 N–H and O–H groups in total. The van der Waals surface area contributed by atoms with Crippen molar-refractivity contribution < 1.29 is 55.0 Å². The molecule has 390 valence electrons. The monoisotopic (exact) mass is 1080 g/mol. The average Bonchev–Trinajstić information content (AvgIpc) is 3.43. The van der Waals surface area contributed by atoms with Crippen LogP contribution in [-0.2, 0) is 33.3 Å². The van der Waals surface area contributed by atoms with Gasteiger partial charge >= 0.3 is 0 Å². The number of primary sulfonamides is 1. The summed E-state index contributed by atoms with van der Waals surface area (Å²) in [6.07, 6.45) is 0.614. The Morgan fingerprint density at radius 1 is 0.500 bits per heavy atom. The molecule has 0 bridgehead atoms. The Balaban J connectivity index is 0.000000238. The van der Waals surface area contributed by atoms with E-state index < -0.39 is 43.0 Å². The summed E-state index contributed by atoms with van der Waals surface area (Å²) >= 11 is 5.22. The first-order valence-electron chi connectivity index (χ1n) is 22.4. The molecule has 3 amide bonds. The molecule has 8 rings (SSSR count). The second-order valence-corrected chi connectivity index (χ2v) is 19.3. The molecule has 0 saturated carbocycles. The number of nitrogens with one attached hydrogen (secondary N) is 3. The summed E-state index contributed by atoms with van der Waals surface area (Å²) in [5.41, 5.74) is 3.59. The quantitative estimate of drug-likeness (QED) is 0.0492. The van der Waals surface area contributed by atoms with Crippen molar-refractivity contribution in [2.24, 2.45) is 5.14 Å². The van der Waals surface area contributed by atoms with E-state index in [0.29, 0.717) is 53.4 Å². The molecule has 8 aromatic carbocycles. The predicted molar refractivity (Wildman–Crippen MR) is 291 cm³/mol. The highest BCUT2D eigenvalue weighted by atomic mass is 35.5. The fraction of sp³-hybridized carbons (Fsp3) is 0.0702. The summed E-state index contributed by atoms with van der Waals surface area (Å²) in [6.45, 7) is 0.699. The van der Waals surface area contributed by atoms with E-state index >= 15 is 0 Å². The number of benzene rings is 8. The first-order chi connectivity index (χ1) is 36.0. The smallest absolute Gasteiger partial charge is 0.266 e. The van der Waals surface area contributed by atoms with Gasteiger partial charge in [0.25, 0.3) is 33.0 Å². The van der Waals surface area contributed by atoms with Crippen LogP contribution in [0.15, 0.2) is 216 Å². The molecular weight excluding hydrogens is 1030 g/mol. The lowest BCUT2D eigenvalue weighted by Gasteiger charge is -2.13. The Kier molecular flexibility index (Phi) is 21.3. The number of rotatable bonds is 17. The van der Waals surface area contributed by atoms with Crippen molar-refractivity contribution in [1.82, 2.24) is 4.72 Å². The minimum Gasteiger partial charge on any atom is -0.497 e. The summed E-state index contributed by atoms with van der Waals surface area (Å²) < 4.78 is 67.7. The van der Waals surface area contributed by atoms with Crippen LogP contribution in [0.1, 0.15) is 70.3 Å². The molecule has 0 fully saturated rings. The van der Waals surface area contributed by atoms with E-state index in [0.717, 1.165) is 11.1 Å². The standard InChI is InChI=1S/C28H22N2O6S.C20H18N2O4S.C8H7ClO2.CH4/c31-18-20-13-15-22(16-14-20)28(33)30-37(34,35)26-12-5-4-11-25(26)29-27(32)23-9-6-10-24(17-23)36-19-21-7-2-1-3-8-21;21-27(24,25)19-12-5-4-11-18(19)22-20(23)16-9-6-10-17(13-16)26-14-15-7-2-1-3-8-15;1-11-7-4-2-6(3-5-7)8(9)10;/h1-18H,19H2,(H,29,32)(H,30,33);1-13H,14H2,(H,22,23)(H2,21,24,25);2-5H,1H3;1H4. The normalized spacial score (nSPS) is 10.5.